The van der Waals surface area contributed by atoms with E-state index in [4.69, 9.17) is 0 Å². The molecule has 1 saturated heterocycles. The molecule has 2 atom stereocenters. The van der Waals surface area contributed by atoms with Gasteiger partial charge in [0.05, 0.1) is 0 Å². The normalized spacial score (nSPS) is 26.1. The smallest absolute Gasteiger partial charge is 0.0261 e. The highest BCUT2D eigenvalue weighted by Gasteiger charge is 2.25. The molecule has 0 aromatic heterocycles. The third kappa shape index (κ3) is 3.09. The number of nitrogens with zero attached hydrogens (tertiary/aromatic N) is 1. The van der Waals surface area contributed by atoms with Gasteiger partial charge in [-0.2, -0.15) is 0 Å². The molecule has 2 nitrogen and oxygen atoms in total. The zero-order chi connectivity index (χ0) is 12.4. The predicted octanol–water partition coefficient (Wildman–Crippen LogP) is 2.59. The minimum atomic E-state index is 0.564. The van der Waals surface area contributed by atoms with Crippen molar-refractivity contribution in [1.29, 1.82) is 0 Å². The lowest BCUT2D eigenvalue weighted by atomic mass is 9.95. The van der Waals surface area contributed by atoms with Crippen molar-refractivity contribution in [3.05, 3.63) is 33.8 Å². The molecule has 1 heterocycles. The van der Waals surface area contributed by atoms with Crippen LogP contribution in [0.25, 0.3) is 0 Å². The zero-order valence-electron chi connectivity index (χ0n) is 10.8. The molecule has 1 aliphatic rings. The fourth-order valence-corrected chi connectivity index (χ4v) is 2.95. The summed E-state index contributed by atoms with van der Waals surface area (Å²) in [5, 5.41) is 3.64. The first-order valence-corrected chi connectivity index (χ1v) is 7.06. The Bertz CT molecular complexity index is 392. The number of hydrogen-bond acceptors (Lipinski definition) is 2. The lowest BCUT2D eigenvalue weighted by Gasteiger charge is -2.38. The molecule has 1 aromatic rings. The van der Waals surface area contributed by atoms with Crippen LogP contribution in [0.15, 0.2) is 22.7 Å². The monoisotopic (exact) mass is 296 g/mol. The number of halogens is 1. The van der Waals surface area contributed by atoms with E-state index < -0.39 is 0 Å². The zero-order valence-corrected chi connectivity index (χ0v) is 12.4. The Morgan fingerprint density at radius 1 is 1.47 bits per heavy atom. The molecule has 2 rings (SSSR count). The van der Waals surface area contributed by atoms with E-state index in [1.807, 2.05) is 0 Å². The van der Waals surface area contributed by atoms with Crippen LogP contribution in [0, 0.1) is 6.92 Å². The van der Waals surface area contributed by atoms with Crippen molar-refractivity contribution in [2.75, 3.05) is 20.1 Å². The molecule has 0 bridgehead atoms. The molecular weight excluding hydrogens is 276 g/mol. The number of likely N-dealkylation sites (N-methyl/N-ethyl adjacent to an activating group) is 1. The summed E-state index contributed by atoms with van der Waals surface area (Å²) in [7, 11) is 2.22. The summed E-state index contributed by atoms with van der Waals surface area (Å²) >= 11 is 3.52. The molecule has 94 valence electrons. The van der Waals surface area contributed by atoms with Crippen LogP contribution in [0.4, 0.5) is 0 Å². The van der Waals surface area contributed by atoms with E-state index in [0.717, 1.165) is 19.5 Å². The number of aryl methyl sites for hydroxylation is 1. The second kappa shape index (κ2) is 5.51. The largest absolute Gasteiger partial charge is 0.311 e. The van der Waals surface area contributed by atoms with Crippen molar-refractivity contribution in [2.24, 2.45) is 0 Å². The Balaban J connectivity index is 2.09. The fraction of sp³-hybridized carbons (Fsp3) is 0.571. The molecule has 0 amide bonds. The highest BCUT2D eigenvalue weighted by Crippen LogP contribution is 2.19. The summed E-state index contributed by atoms with van der Waals surface area (Å²) in [5.41, 5.74) is 2.83. The Morgan fingerprint density at radius 3 is 2.94 bits per heavy atom. The molecule has 0 radical (unpaired) electrons. The minimum Gasteiger partial charge on any atom is -0.311 e. The van der Waals surface area contributed by atoms with Gasteiger partial charge in [0.1, 0.15) is 0 Å². The van der Waals surface area contributed by atoms with Crippen molar-refractivity contribution >= 4 is 15.9 Å². The van der Waals surface area contributed by atoms with Crippen LogP contribution in [0.1, 0.15) is 18.1 Å². The maximum atomic E-state index is 3.64. The SMILES string of the molecule is Cc1cc(Br)ccc1CC1NCCN(C)C1C. The van der Waals surface area contributed by atoms with Crippen LogP contribution in [0.5, 0.6) is 0 Å². The number of hydrogen-bond donors (Lipinski definition) is 1. The van der Waals surface area contributed by atoms with E-state index >= 15 is 0 Å². The number of nitrogens with one attached hydrogen (secondary N) is 1. The lowest BCUT2D eigenvalue weighted by molar-refractivity contribution is 0.163. The molecule has 0 aliphatic carbocycles. The minimum absolute atomic E-state index is 0.564. The Labute approximate surface area is 113 Å². The van der Waals surface area contributed by atoms with Crippen LogP contribution >= 0.6 is 15.9 Å². The van der Waals surface area contributed by atoms with Gasteiger partial charge < -0.3 is 10.2 Å². The van der Waals surface area contributed by atoms with Crippen molar-refractivity contribution in [1.82, 2.24) is 10.2 Å². The summed E-state index contributed by atoms with van der Waals surface area (Å²) < 4.78 is 1.17. The summed E-state index contributed by atoms with van der Waals surface area (Å²) in [4.78, 5) is 2.44. The summed E-state index contributed by atoms with van der Waals surface area (Å²) in [5.74, 6) is 0. The number of rotatable bonds is 2. The molecule has 3 heteroatoms. The standard InChI is InChI=1S/C14H21BrN2/c1-10-8-13(15)5-4-12(10)9-14-11(2)17(3)7-6-16-14/h4-5,8,11,14,16H,6-7,9H2,1-3H3. The van der Waals surface area contributed by atoms with Gasteiger partial charge in [0.15, 0.2) is 0 Å². The van der Waals surface area contributed by atoms with E-state index in [-0.39, 0.29) is 0 Å². The van der Waals surface area contributed by atoms with Gasteiger partial charge in [0.2, 0.25) is 0 Å². The van der Waals surface area contributed by atoms with Crippen LogP contribution in [0.3, 0.4) is 0 Å². The maximum absolute atomic E-state index is 3.64. The quantitative estimate of drug-likeness (QED) is 0.902. The average molecular weight is 297 g/mol. The predicted molar refractivity (Wildman–Crippen MR) is 76.5 cm³/mol. The molecular formula is C14H21BrN2. The molecule has 1 aliphatic heterocycles. The molecule has 1 aromatic carbocycles. The van der Waals surface area contributed by atoms with Gasteiger partial charge in [-0.3, -0.25) is 0 Å². The van der Waals surface area contributed by atoms with Crippen LogP contribution in [-0.2, 0) is 6.42 Å². The third-order valence-electron chi connectivity index (χ3n) is 3.89. The average Bonchev–Trinajstić information content (AvgIpc) is 2.28. The molecule has 1 N–H and O–H groups in total. The molecule has 0 spiro atoms. The van der Waals surface area contributed by atoms with Crippen molar-refractivity contribution < 1.29 is 0 Å². The fourth-order valence-electron chi connectivity index (χ4n) is 2.48. The van der Waals surface area contributed by atoms with E-state index in [1.165, 1.54) is 15.6 Å². The topological polar surface area (TPSA) is 15.3 Å². The second-order valence-electron chi connectivity index (χ2n) is 5.06. The van der Waals surface area contributed by atoms with E-state index in [2.05, 4.69) is 65.2 Å². The Kier molecular flexibility index (Phi) is 4.23. The lowest BCUT2D eigenvalue weighted by Crippen LogP contribution is -2.55. The van der Waals surface area contributed by atoms with Gasteiger partial charge in [-0.05, 0) is 50.6 Å². The van der Waals surface area contributed by atoms with E-state index in [0.29, 0.717) is 12.1 Å². The third-order valence-corrected chi connectivity index (χ3v) is 4.39. The highest BCUT2D eigenvalue weighted by molar-refractivity contribution is 9.10. The Morgan fingerprint density at radius 2 is 2.24 bits per heavy atom. The highest BCUT2D eigenvalue weighted by atomic mass is 79.9. The van der Waals surface area contributed by atoms with Gasteiger partial charge in [0.25, 0.3) is 0 Å². The van der Waals surface area contributed by atoms with Crippen LogP contribution in [0.2, 0.25) is 0 Å². The molecule has 2 unspecified atom stereocenters. The first-order valence-electron chi connectivity index (χ1n) is 6.26. The first kappa shape index (κ1) is 13.1. The van der Waals surface area contributed by atoms with E-state index in [1.54, 1.807) is 0 Å². The van der Waals surface area contributed by atoms with E-state index in [9.17, 15) is 0 Å². The van der Waals surface area contributed by atoms with Gasteiger partial charge in [-0.15, -0.1) is 0 Å². The van der Waals surface area contributed by atoms with Gasteiger partial charge in [-0.1, -0.05) is 22.0 Å². The molecule has 17 heavy (non-hydrogen) atoms. The summed E-state index contributed by atoms with van der Waals surface area (Å²) in [6.07, 6.45) is 1.12. The number of piperazine rings is 1. The van der Waals surface area contributed by atoms with Crippen LogP contribution < -0.4 is 5.32 Å². The second-order valence-corrected chi connectivity index (χ2v) is 5.97. The van der Waals surface area contributed by atoms with Gasteiger partial charge >= 0.3 is 0 Å². The summed E-state index contributed by atoms with van der Waals surface area (Å²) in [6.45, 7) is 6.75. The van der Waals surface area contributed by atoms with Gasteiger partial charge in [-0.25, -0.2) is 0 Å². The summed E-state index contributed by atoms with van der Waals surface area (Å²) in [6, 6.07) is 7.74. The Hall–Kier alpha value is -0.380. The molecule has 0 saturated carbocycles. The van der Waals surface area contributed by atoms with Crippen molar-refractivity contribution in [2.45, 2.75) is 32.4 Å². The van der Waals surface area contributed by atoms with Crippen LogP contribution in [-0.4, -0.2) is 37.1 Å². The maximum Gasteiger partial charge on any atom is 0.0261 e. The number of benzene rings is 1. The van der Waals surface area contributed by atoms with Crippen molar-refractivity contribution in [3.63, 3.8) is 0 Å². The first-order chi connectivity index (χ1) is 8.08. The van der Waals surface area contributed by atoms with Gasteiger partial charge in [0, 0.05) is 29.6 Å². The molecule has 1 fully saturated rings. The van der Waals surface area contributed by atoms with Crippen molar-refractivity contribution in [3.8, 4) is 0 Å².